The van der Waals surface area contributed by atoms with Crippen LogP contribution in [0.1, 0.15) is 55.6 Å². The van der Waals surface area contributed by atoms with E-state index in [0.717, 1.165) is 24.1 Å². The van der Waals surface area contributed by atoms with Crippen LogP contribution < -0.4 is 10.5 Å². The number of para-hydroxylation sites is 1. The van der Waals surface area contributed by atoms with Crippen LogP contribution in [0.5, 0.6) is 5.75 Å². The molecule has 8 nitrogen and oxygen atoms in total. The Morgan fingerprint density at radius 2 is 1.93 bits per heavy atom. The number of aromatic nitrogens is 5. The Hall–Kier alpha value is -3.26. The summed E-state index contributed by atoms with van der Waals surface area (Å²) in [5, 5.41) is 15.6. The summed E-state index contributed by atoms with van der Waals surface area (Å²) < 4.78 is 7.03. The van der Waals surface area contributed by atoms with Crippen molar-refractivity contribution < 1.29 is 9.84 Å². The van der Waals surface area contributed by atoms with E-state index in [1.807, 2.05) is 30.5 Å². The minimum atomic E-state index is -0.930. The van der Waals surface area contributed by atoms with Gasteiger partial charge in [0.15, 0.2) is 11.5 Å². The van der Waals surface area contributed by atoms with E-state index in [1.165, 1.54) is 5.56 Å². The van der Waals surface area contributed by atoms with Crippen molar-refractivity contribution in [3.05, 3.63) is 53.6 Å². The number of benzene rings is 1. The molecular formula is C22H24N6O2. The second kappa shape index (κ2) is 6.63. The molecule has 0 saturated heterocycles. The summed E-state index contributed by atoms with van der Waals surface area (Å²) in [6.07, 6.45) is 3.77. The molecule has 0 aliphatic heterocycles. The highest BCUT2D eigenvalue weighted by molar-refractivity contribution is 5.95. The van der Waals surface area contributed by atoms with Gasteiger partial charge in [0.25, 0.3) is 0 Å². The van der Waals surface area contributed by atoms with Crippen molar-refractivity contribution in [3.63, 3.8) is 0 Å². The number of aliphatic hydroxyl groups is 1. The lowest BCUT2D eigenvalue weighted by atomic mass is 9.71. The molecule has 4 aromatic rings. The maximum atomic E-state index is 10.1. The van der Waals surface area contributed by atoms with E-state index < -0.39 is 5.60 Å². The summed E-state index contributed by atoms with van der Waals surface area (Å²) >= 11 is 0. The first kappa shape index (κ1) is 18.7. The standard InChI is InChI=1S/C22H24N6O2/c1-22(2,29)17-8-7-12(11-24-17)13-9-14(10-13)19-26-20-15-5-4-6-16(30-3)18(15)25-21(23)28(20)27-19/h4-8,11,13-14,29H,9-10H2,1-3H3,(H2,23,25)/t13-,14+. The van der Waals surface area contributed by atoms with Gasteiger partial charge in [0.2, 0.25) is 5.95 Å². The van der Waals surface area contributed by atoms with Crippen LogP contribution in [-0.4, -0.2) is 36.8 Å². The monoisotopic (exact) mass is 404 g/mol. The Morgan fingerprint density at radius 1 is 1.13 bits per heavy atom. The number of methoxy groups -OCH3 is 1. The molecule has 1 aliphatic rings. The fraction of sp³-hybridized carbons (Fsp3) is 0.364. The molecule has 1 aromatic carbocycles. The van der Waals surface area contributed by atoms with E-state index in [1.54, 1.807) is 25.5 Å². The van der Waals surface area contributed by atoms with E-state index >= 15 is 0 Å². The minimum Gasteiger partial charge on any atom is -0.494 e. The SMILES string of the molecule is COc1cccc2c1nc(N)n1nc([C@H]3C[C@@H](c4ccc(C(C)(C)O)nc4)C3)nc21. The largest absolute Gasteiger partial charge is 0.494 e. The zero-order chi connectivity index (χ0) is 21.0. The highest BCUT2D eigenvalue weighted by atomic mass is 16.5. The third kappa shape index (κ3) is 2.95. The van der Waals surface area contributed by atoms with Crippen LogP contribution >= 0.6 is 0 Å². The van der Waals surface area contributed by atoms with Gasteiger partial charge in [-0.05, 0) is 56.4 Å². The molecule has 3 N–H and O–H groups in total. The van der Waals surface area contributed by atoms with Crippen LogP contribution in [0.15, 0.2) is 36.5 Å². The molecule has 154 valence electrons. The number of nitrogens with zero attached hydrogens (tertiary/aromatic N) is 5. The zero-order valence-electron chi connectivity index (χ0n) is 17.2. The number of pyridine rings is 1. The average Bonchev–Trinajstić information content (AvgIpc) is 3.12. The minimum absolute atomic E-state index is 0.268. The van der Waals surface area contributed by atoms with E-state index in [2.05, 4.69) is 21.1 Å². The highest BCUT2D eigenvalue weighted by Gasteiger charge is 2.35. The molecule has 30 heavy (non-hydrogen) atoms. The van der Waals surface area contributed by atoms with Gasteiger partial charge in [-0.3, -0.25) is 4.98 Å². The van der Waals surface area contributed by atoms with Crippen LogP contribution in [0.2, 0.25) is 0 Å². The molecular weight excluding hydrogens is 380 g/mol. The van der Waals surface area contributed by atoms with Crippen LogP contribution in [0.4, 0.5) is 5.95 Å². The van der Waals surface area contributed by atoms with Gasteiger partial charge in [-0.15, -0.1) is 5.10 Å². The lowest BCUT2D eigenvalue weighted by Gasteiger charge is -2.33. The van der Waals surface area contributed by atoms with Crippen molar-refractivity contribution in [2.75, 3.05) is 12.8 Å². The van der Waals surface area contributed by atoms with Crippen molar-refractivity contribution in [3.8, 4) is 5.75 Å². The van der Waals surface area contributed by atoms with Gasteiger partial charge in [-0.1, -0.05) is 12.1 Å². The molecule has 0 unspecified atom stereocenters. The fourth-order valence-corrected chi connectivity index (χ4v) is 4.09. The number of fused-ring (bicyclic) bond motifs is 3. The number of rotatable bonds is 4. The summed E-state index contributed by atoms with van der Waals surface area (Å²) in [6.45, 7) is 3.48. The molecule has 5 rings (SSSR count). The molecule has 0 amide bonds. The molecule has 1 aliphatic carbocycles. The van der Waals surface area contributed by atoms with Gasteiger partial charge < -0.3 is 15.6 Å². The molecule has 0 atom stereocenters. The van der Waals surface area contributed by atoms with Crippen LogP contribution in [0.25, 0.3) is 16.6 Å². The normalized spacial score (nSPS) is 19.2. The number of hydrogen-bond donors (Lipinski definition) is 2. The molecule has 0 spiro atoms. The number of nitrogen functional groups attached to an aromatic ring is 1. The van der Waals surface area contributed by atoms with Gasteiger partial charge in [-0.2, -0.15) is 4.52 Å². The summed E-state index contributed by atoms with van der Waals surface area (Å²) in [6, 6.07) is 9.68. The second-order valence-corrected chi connectivity index (χ2v) is 8.43. The topological polar surface area (TPSA) is 111 Å². The van der Waals surface area contributed by atoms with Gasteiger partial charge in [0, 0.05) is 17.5 Å². The number of anilines is 1. The third-order valence-electron chi connectivity index (χ3n) is 5.91. The first-order chi connectivity index (χ1) is 14.3. The lowest BCUT2D eigenvalue weighted by molar-refractivity contribution is 0.0738. The fourth-order valence-electron chi connectivity index (χ4n) is 4.09. The Labute approximate surface area is 173 Å². The first-order valence-corrected chi connectivity index (χ1v) is 10.0. The first-order valence-electron chi connectivity index (χ1n) is 10.0. The molecule has 8 heteroatoms. The second-order valence-electron chi connectivity index (χ2n) is 8.43. The van der Waals surface area contributed by atoms with Gasteiger partial charge >= 0.3 is 0 Å². The number of hydrogen-bond acceptors (Lipinski definition) is 7. The summed E-state index contributed by atoms with van der Waals surface area (Å²) in [5.41, 5.74) is 8.47. The van der Waals surface area contributed by atoms with Crippen molar-refractivity contribution in [2.45, 2.75) is 44.1 Å². The highest BCUT2D eigenvalue weighted by Crippen LogP contribution is 2.46. The van der Waals surface area contributed by atoms with Crippen molar-refractivity contribution in [2.24, 2.45) is 0 Å². The number of ether oxygens (including phenoxy) is 1. The van der Waals surface area contributed by atoms with E-state index in [0.29, 0.717) is 34.5 Å². The van der Waals surface area contributed by atoms with E-state index in [4.69, 9.17) is 15.5 Å². The van der Waals surface area contributed by atoms with Gasteiger partial charge in [0.05, 0.1) is 12.8 Å². The smallest absolute Gasteiger partial charge is 0.223 e. The lowest BCUT2D eigenvalue weighted by Crippen LogP contribution is -2.22. The maximum absolute atomic E-state index is 10.1. The van der Waals surface area contributed by atoms with Crippen LogP contribution in [0.3, 0.4) is 0 Å². The molecule has 0 radical (unpaired) electrons. The Morgan fingerprint density at radius 3 is 2.60 bits per heavy atom. The van der Waals surface area contributed by atoms with Gasteiger partial charge in [-0.25, -0.2) is 9.97 Å². The molecule has 3 aromatic heterocycles. The van der Waals surface area contributed by atoms with Crippen molar-refractivity contribution >= 4 is 22.5 Å². The molecule has 3 heterocycles. The summed E-state index contributed by atoms with van der Waals surface area (Å²) in [7, 11) is 1.61. The quantitative estimate of drug-likeness (QED) is 0.537. The van der Waals surface area contributed by atoms with Gasteiger partial charge in [0.1, 0.15) is 16.9 Å². The predicted octanol–water partition coefficient (Wildman–Crippen LogP) is 3.15. The van der Waals surface area contributed by atoms with E-state index in [9.17, 15) is 5.11 Å². The van der Waals surface area contributed by atoms with Crippen LogP contribution in [0, 0.1) is 0 Å². The van der Waals surface area contributed by atoms with Crippen molar-refractivity contribution in [1.82, 2.24) is 24.6 Å². The Kier molecular flexibility index (Phi) is 4.14. The van der Waals surface area contributed by atoms with Crippen LogP contribution in [-0.2, 0) is 5.60 Å². The molecule has 0 bridgehead atoms. The van der Waals surface area contributed by atoms with E-state index in [-0.39, 0.29) is 5.92 Å². The third-order valence-corrected chi connectivity index (χ3v) is 5.91. The summed E-state index contributed by atoms with van der Waals surface area (Å²) in [5.74, 6) is 2.43. The Balaban J connectivity index is 1.42. The summed E-state index contributed by atoms with van der Waals surface area (Å²) in [4.78, 5) is 13.7. The molecule has 1 fully saturated rings. The zero-order valence-corrected chi connectivity index (χ0v) is 17.2. The number of nitrogens with two attached hydrogens (primary N) is 1. The average molecular weight is 404 g/mol. The van der Waals surface area contributed by atoms with Crippen molar-refractivity contribution in [1.29, 1.82) is 0 Å². The maximum Gasteiger partial charge on any atom is 0.223 e. The Bertz CT molecular complexity index is 1240. The predicted molar refractivity (Wildman–Crippen MR) is 113 cm³/mol. The molecule has 1 saturated carbocycles.